The molecule has 1 aromatic rings. The van der Waals surface area contributed by atoms with Crippen molar-refractivity contribution in [3.63, 3.8) is 0 Å². The van der Waals surface area contributed by atoms with Gasteiger partial charge in [-0.25, -0.2) is 13.1 Å². The fraction of sp³-hybridized carbons (Fsp3) is 0.538. The van der Waals surface area contributed by atoms with Gasteiger partial charge in [0.25, 0.3) is 0 Å². The SMILES string of the molecule is CC1(NS(=O)(=O)c2ccc(CBr)cc2)CCCC1. The molecule has 0 amide bonds. The molecule has 1 saturated carbocycles. The molecule has 3 nitrogen and oxygen atoms in total. The van der Waals surface area contributed by atoms with Crippen molar-refractivity contribution in [1.29, 1.82) is 0 Å². The van der Waals surface area contributed by atoms with Gasteiger partial charge in [0.2, 0.25) is 10.0 Å². The molecule has 0 bridgehead atoms. The number of hydrogen-bond acceptors (Lipinski definition) is 2. The molecule has 1 aromatic carbocycles. The van der Waals surface area contributed by atoms with Gasteiger partial charge in [-0.2, -0.15) is 0 Å². The molecule has 0 unspecified atom stereocenters. The van der Waals surface area contributed by atoms with E-state index >= 15 is 0 Å². The van der Waals surface area contributed by atoms with E-state index in [1.165, 1.54) is 0 Å². The van der Waals surface area contributed by atoms with Crippen molar-refractivity contribution in [2.24, 2.45) is 0 Å². The van der Waals surface area contributed by atoms with Gasteiger partial charge in [-0.05, 0) is 37.5 Å². The Kier molecular flexibility index (Phi) is 4.14. The van der Waals surface area contributed by atoms with Crippen LogP contribution in [-0.2, 0) is 15.4 Å². The van der Waals surface area contributed by atoms with E-state index in [9.17, 15) is 8.42 Å². The predicted octanol–water partition coefficient (Wildman–Crippen LogP) is 3.19. The topological polar surface area (TPSA) is 46.2 Å². The summed E-state index contributed by atoms with van der Waals surface area (Å²) in [5.41, 5.74) is 0.799. The lowest BCUT2D eigenvalue weighted by Gasteiger charge is -2.24. The molecule has 18 heavy (non-hydrogen) atoms. The van der Waals surface area contributed by atoms with Crippen LogP contribution in [0.2, 0.25) is 0 Å². The molecule has 0 aromatic heterocycles. The van der Waals surface area contributed by atoms with Crippen molar-refractivity contribution in [3.05, 3.63) is 29.8 Å². The molecule has 2 rings (SSSR count). The first-order valence-corrected chi connectivity index (χ1v) is 8.75. The Labute approximate surface area is 117 Å². The van der Waals surface area contributed by atoms with Gasteiger partial charge in [0.1, 0.15) is 0 Å². The molecule has 5 heteroatoms. The number of sulfonamides is 1. The molecular weight excluding hydrogens is 314 g/mol. The van der Waals surface area contributed by atoms with Crippen molar-refractivity contribution in [1.82, 2.24) is 4.72 Å². The molecule has 0 heterocycles. The number of nitrogens with one attached hydrogen (secondary N) is 1. The summed E-state index contributed by atoms with van der Waals surface area (Å²) in [6.07, 6.45) is 4.04. The number of alkyl halides is 1. The highest BCUT2D eigenvalue weighted by Gasteiger charge is 2.33. The van der Waals surface area contributed by atoms with Gasteiger partial charge in [-0.15, -0.1) is 0 Å². The molecule has 0 radical (unpaired) electrons. The van der Waals surface area contributed by atoms with Gasteiger partial charge in [-0.1, -0.05) is 40.9 Å². The van der Waals surface area contributed by atoms with Crippen molar-refractivity contribution in [2.75, 3.05) is 0 Å². The molecular formula is C13H18BrNO2S. The van der Waals surface area contributed by atoms with E-state index in [0.717, 1.165) is 36.6 Å². The Bertz CT molecular complexity index is 504. The average molecular weight is 332 g/mol. The van der Waals surface area contributed by atoms with Crippen LogP contribution in [0.1, 0.15) is 38.2 Å². The second-order valence-electron chi connectivity index (χ2n) is 5.15. The van der Waals surface area contributed by atoms with E-state index in [-0.39, 0.29) is 5.54 Å². The number of halogens is 1. The van der Waals surface area contributed by atoms with Crippen LogP contribution in [0.3, 0.4) is 0 Å². The van der Waals surface area contributed by atoms with Gasteiger partial charge < -0.3 is 0 Å². The smallest absolute Gasteiger partial charge is 0.207 e. The lowest BCUT2D eigenvalue weighted by molar-refractivity contribution is 0.427. The molecule has 0 spiro atoms. The zero-order chi connectivity index (χ0) is 13.2. The van der Waals surface area contributed by atoms with Crippen molar-refractivity contribution in [3.8, 4) is 0 Å². The summed E-state index contributed by atoms with van der Waals surface area (Å²) in [5.74, 6) is 0. The first-order chi connectivity index (χ1) is 8.45. The van der Waals surface area contributed by atoms with Crippen LogP contribution in [-0.4, -0.2) is 14.0 Å². The minimum atomic E-state index is -3.39. The summed E-state index contributed by atoms with van der Waals surface area (Å²) >= 11 is 3.35. The second kappa shape index (κ2) is 5.31. The van der Waals surface area contributed by atoms with Crippen LogP contribution in [0, 0.1) is 0 Å². The van der Waals surface area contributed by atoms with Gasteiger partial charge >= 0.3 is 0 Å². The minimum absolute atomic E-state index is 0.271. The lowest BCUT2D eigenvalue weighted by atomic mass is 10.0. The highest BCUT2D eigenvalue weighted by Crippen LogP contribution is 2.30. The first kappa shape index (κ1) is 14.0. The Morgan fingerprint density at radius 1 is 1.22 bits per heavy atom. The third-order valence-electron chi connectivity index (χ3n) is 3.48. The summed E-state index contributed by atoms with van der Waals surface area (Å²) in [6, 6.07) is 7.00. The van der Waals surface area contributed by atoms with Crippen LogP contribution in [0.15, 0.2) is 29.2 Å². The number of hydrogen-bond donors (Lipinski definition) is 1. The van der Waals surface area contributed by atoms with Gasteiger partial charge in [0.05, 0.1) is 4.90 Å². The van der Waals surface area contributed by atoms with E-state index in [0.29, 0.717) is 4.90 Å². The number of rotatable bonds is 4. The molecule has 0 saturated heterocycles. The quantitative estimate of drug-likeness (QED) is 0.861. The normalized spacial score (nSPS) is 19.0. The summed E-state index contributed by atoms with van der Waals surface area (Å²) in [7, 11) is -3.39. The Hall–Kier alpha value is -0.390. The van der Waals surface area contributed by atoms with E-state index in [4.69, 9.17) is 0 Å². The Morgan fingerprint density at radius 2 is 1.78 bits per heavy atom. The molecule has 100 valence electrons. The minimum Gasteiger partial charge on any atom is -0.207 e. The lowest BCUT2D eigenvalue weighted by Crippen LogP contribution is -2.43. The summed E-state index contributed by atoms with van der Waals surface area (Å²) in [5, 5.41) is 0.735. The zero-order valence-corrected chi connectivity index (χ0v) is 12.9. The highest BCUT2D eigenvalue weighted by atomic mass is 79.9. The maximum Gasteiger partial charge on any atom is 0.241 e. The van der Waals surface area contributed by atoms with Crippen molar-refractivity contribution < 1.29 is 8.42 Å². The zero-order valence-electron chi connectivity index (χ0n) is 10.4. The second-order valence-corrected chi connectivity index (χ2v) is 7.39. The van der Waals surface area contributed by atoms with E-state index in [2.05, 4.69) is 20.7 Å². The third-order valence-corrected chi connectivity index (χ3v) is 5.78. The van der Waals surface area contributed by atoms with Crippen LogP contribution < -0.4 is 4.72 Å². The van der Waals surface area contributed by atoms with Crippen molar-refractivity contribution >= 4 is 26.0 Å². The largest absolute Gasteiger partial charge is 0.241 e. The molecule has 1 fully saturated rings. The monoisotopic (exact) mass is 331 g/mol. The Morgan fingerprint density at radius 3 is 2.28 bits per heavy atom. The summed E-state index contributed by atoms with van der Waals surface area (Å²) in [4.78, 5) is 0.348. The Balaban J connectivity index is 2.19. The predicted molar refractivity (Wildman–Crippen MR) is 76.3 cm³/mol. The fourth-order valence-corrected chi connectivity index (χ4v) is 4.24. The molecule has 0 atom stereocenters. The fourth-order valence-electron chi connectivity index (χ4n) is 2.40. The highest BCUT2D eigenvalue weighted by molar-refractivity contribution is 9.08. The van der Waals surface area contributed by atoms with E-state index in [1.807, 2.05) is 19.1 Å². The molecule has 0 aliphatic heterocycles. The van der Waals surface area contributed by atoms with Gasteiger partial charge in [-0.3, -0.25) is 0 Å². The maximum absolute atomic E-state index is 12.3. The first-order valence-electron chi connectivity index (χ1n) is 6.14. The summed E-state index contributed by atoms with van der Waals surface area (Å²) < 4.78 is 27.4. The van der Waals surface area contributed by atoms with E-state index < -0.39 is 10.0 Å². The van der Waals surface area contributed by atoms with Gasteiger partial charge in [0.15, 0.2) is 0 Å². The summed E-state index contributed by atoms with van der Waals surface area (Å²) in [6.45, 7) is 1.99. The van der Waals surface area contributed by atoms with Crippen LogP contribution in [0.4, 0.5) is 0 Å². The molecule has 1 N–H and O–H groups in total. The van der Waals surface area contributed by atoms with Crippen molar-refractivity contribution in [2.45, 2.75) is 48.4 Å². The average Bonchev–Trinajstić information content (AvgIpc) is 2.75. The maximum atomic E-state index is 12.3. The van der Waals surface area contributed by atoms with E-state index in [1.54, 1.807) is 12.1 Å². The van der Waals surface area contributed by atoms with Crippen LogP contribution in [0.25, 0.3) is 0 Å². The van der Waals surface area contributed by atoms with Crippen LogP contribution in [0.5, 0.6) is 0 Å². The molecule has 1 aliphatic rings. The standard InChI is InChI=1S/C13H18BrNO2S/c1-13(8-2-3-9-13)15-18(16,17)12-6-4-11(10-14)5-7-12/h4-7,15H,2-3,8-10H2,1H3. The van der Waals surface area contributed by atoms with Crippen LogP contribution >= 0.6 is 15.9 Å². The molecule has 1 aliphatic carbocycles. The third kappa shape index (κ3) is 3.13. The number of benzene rings is 1. The van der Waals surface area contributed by atoms with Gasteiger partial charge in [0, 0.05) is 10.9 Å².